The quantitative estimate of drug-likeness (QED) is 0.0480. The molecule has 12 heteroatoms. The maximum Gasteiger partial charge on any atom is 0.243 e. The summed E-state index contributed by atoms with van der Waals surface area (Å²) in [6, 6.07) is 1.04. The molecule has 0 fully saturated rings. The normalized spacial score (nSPS) is 12.5. The van der Waals surface area contributed by atoms with Gasteiger partial charge in [0.2, 0.25) is 25.4 Å². The van der Waals surface area contributed by atoms with Crippen molar-refractivity contribution in [1.29, 1.82) is 0 Å². The third kappa shape index (κ3) is 15.3. The Morgan fingerprint density at radius 3 is 1.84 bits per heavy atom. The van der Waals surface area contributed by atoms with Crippen LogP contribution in [0.4, 0.5) is 0 Å². The summed E-state index contributed by atoms with van der Waals surface area (Å²) in [7, 11) is 0. The minimum atomic E-state index is 0. The van der Waals surface area contributed by atoms with E-state index in [1.165, 1.54) is 44.9 Å². The molecule has 1 amide bonds. The van der Waals surface area contributed by atoms with Gasteiger partial charge in [0.15, 0.2) is 0 Å². The fourth-order valence-corrected chi connectivity index (χ4v) is 5.76. The molecule has 0 radical (unpaired) electrons. The third-order valence-corrected chi connectivity index (χ3v) is 8.30. The first-order chi connectivity index (χ1) is 19.6. The molecule has 0 bridgehead atoms. The zero-order valence-electron chi connectivity index (χ0n) is 27.2. The van der Waals surface area contributed by atoms with Crippen molar-refractivity contribution >= 4 is 6.41 Å². The van der Waals surface area contributed by atoms with Gasteiger partial charge in [0, 0.05) is 39.3 Å². The van der Waals surface area contributed by atoms with Crippen molar-refractivity contribution in [2.24, 2.45) is 5.92 Å². The summed E-state index contributed by atoms with van der Waals surface area (Å²) in [5.41, 5.74) is 0. The van der Waals surface area contributed by atoms with Crippen LogP contribution in [0.3, 0.4) is 0 Å². The monoisotopic (exact) mass is 765 g/mol. The molecule has 44 heavy (non-hydrogen) atoms. The van der Waals surface area contributed by atoms with E-state index in [4.69, 9.17) is 0 Å². The van der Waals surface area contributed by atoms with Crippen molar-refractivity contribution in [3.05, 3.63) is 56.2 Å². The van der Waals surface area contributed by atoms with E-state index in [0.717, 1.165) is 51.9 Å². The minimum Gasteiger partial charge on any atom is -1.00 e. The van der Waals surface area contributed by atoms with E-state index in [2.05, 4.69) is 117 Å². The Balaban J connectivity index is 0. The van der Waals surface area contributed by atoms with E-state index in [-0.39, 0.29) is 57.6 Å². The van der Waals surface area contributed by atoms with E-state index in [1.807, 2.05) is 0 Å². The second-order valence-electron chi connectivity index (χ2n) is 11.5. The first kappa shape index (κ1) is 44.8. The number of carbonyl (C=O) groups is 1. The number of nitrogens with one attached hydrogen (secondary N) is 1. The Bertz CT molecular complexity index is 1110. The van der Waals surface area contributed by atoms with Gasteiger partial charge in [-0.15, -0.1) is 0 Å². The molecule has 3 atom stereocenters. The maximum absolute atomic E-state index is 10.5. The van der Waals surface area contributed by atoms with Gasteiger partial charge in [-0.1, -0.05) is 40.5 Å². The molecule has 0 saturated carbocycles. The average Bonchev–Trinajstić information content (AvgIpc) is 3.74. The summed E-state index contributed by atoms with van der Waals surface area (Å²) in [6.07, 6.45) is 32.8. The SMILES string of the molecule is CCCC[n+]1ccn(C(CC)CCC(CC(CC)n2cc[n+](CCCC)c2)C[n+]2ccn(CCCNC=O)c2)c1.[Cl-].[Cl-].[Cl-].[Pd]. The first-order valence-corrected chi connectivity index (χ1v) is 15.9. The topological polar surface area (TPSA) is 55.5 Å². The Hall–Kier alpha value is -1.37. The second-order valence-corrected chi connectivity index (χ2v) is 11.5. The van der Waals surface area contributed by atoms with Crippen molar-refractivity contribution in [3.63, 3.8) is 0 Å². The Morgan fingerprint density at radius 1 is 0.727 bits per heavy atom. The molecular weight excluding hydrogens is 711 g/mol. The molecule has 3 unspecified atom stereocenters. The molecule has 3 aromatic heterocycles. The first-order valence-electron chi connectivity index (χ1n) is 15.9. The van der Waals surface area contributed by atoms with Gasteiger partial charge in [0.05, 0.1) is 26.2 Å². The average molecular weight is 768 g/mol. The summed E-state index contributed by atoms with van der Waals surface area (Å²) >= 11 is 0. The summed E-state index contributed by atoms with van der Waals surface area (Å²) < 4.78 is 14.2. The molecule has 3 aromatic rings. The number of aromatic nitrogens is 6. The van der Waals surface area contributed by atoms with Gasteiger partial charge in [-0.25, -0.2) is 27.4 Å². The Kier molecular flexibility index (Phi) is 26.2. The van der Waals surface area contributed by atoms with Gasteiger partial charge in [-0.3, -0.25) is 4.79 Å². The number of nitrogens with zero attached hydrogens (tertiary/aromatic N) is 6. The molecule has 3 heterocycles. The third-order valence-electron chi connectivity index (χ3n) is 8.30. The van der Waals surface area contributed by atoms with Crippen LogP contribution in [0.25, 0.3) is 0 Å². The van der Waals surface area contributed by atoms with Crippen LogP contribution in [0.15, 0.2) is 56.2 Å². The largest absolute Gasteiger partial charge is 1.00 e. The molecule has 256 valence electrons. The summed E-state index contributed by atoms with van der Waals surface area (Å²) in [5.74, 6) is 0.589. The van der Waals surface area contributed by atoms with Crippen LogP contribution >= 0.6 is 0 Å². The fraction of sp³-hybridized carbons (Fsp3) is 0.688. The molecule has 0 aliphatic rings. The molecule has 3 rings (SSSR count). The molecule has 0 saturated heterocycles. The van der Waals surface area contributed by atoms with Crippen LogP contribution in [0.2, 0.25) is 0 Å². The van der Waals surface area contributed by atoms with Gasteiger partial charge in [-0.2, -0.15) is 0 Å². The smallest absolute Gasteiger partial charge is 0.243 e. The molecule has 0 spiro atoms. The van der Waals surface area contributed by atoms with Crippen LogP contribution in [0.1, 0.15) is 104 Å². The van der Waals surface area contributed by atoms with Crippen molar-refractivity contribution < 1.29 is 76.1 Å². The summed E-state index contributed by atoms with van der Waals surface area (Å²) in [4.78, 5) is 10.5. The maximum atomic E-state index is 10.5. The molecule has 1 N–H and O–H groups in total. The van der Waals surface area contributed by atoms with Crippen LogP contribution in [-0.2, 0) is 51.4 Å². The molecule has 0 aliphatic carbocycles. The van der Waals surface area contributed by atoms with E-state index < -0.39 is 0 Å². The zero-order chi connectivity index (χ0) is 28.6. The number of unbranched alkanes of at least 4 members (excludes halogenated alkanes) is 2. The number of hydrogen-bond donors (Lipinski definition) is 1. The van der Waals surface area contributed by atoms with Gasteiger partial charge < -0.3 is 42.5 Å². The molecule has 0 aromatic carbocycles. The van der Waals surface area contributed by atoms with Crippen molar-refractivity contribution in [1.82, 2.24) is 19.0 Å². The van der Waals surface area contributed by atoms with Gasteiger partial charge in [-0.05, 0) is 44.9 Å². The van der Waals surface area contributed by atoms with E-state index in [9.17, 15) is 4.79 Å². The number of halogens is 3. The van der Waals surface area contributed by atoms with Crippen LogP contribution in [-0.4, -0.2) is 26.7 Å². The van der Waals surface area contributed by atoms with Gasteiger partial charge in [0.1, 0.15) is 49.3 Å². The number of aryl methyl sites for hydroxylation is 3. The minimum absolute atomic E-state index is 0. The Morgan fingerprint density at radius 2 is 1.30 bits per heavy atom. The van der Waals surface area contributed by atoms with Crippen LogP contribution in [0, 0.1) is 5.92 Å². The second kappa shape index (κ2) is 25.8. The molecule has 0 aliphatic heterocycles. The fourth-order valence-electron chi connectivity index (χ4n) is 5.76. The van der Waals surface area contributed by atoms with Crippen molar-refractivity contribution in [2.75, 3.05) is 6.54 Å². The number of carbonyl (C=O) groups excluding carboxylic acids is 1. The Labute approximate surface area is 298 Å². The van der Waals surface area contributed by atoms with Crippen molar-refractivity contribution in [3.8, 4) is 0 Å². The number of rotatable bonds is 22. The van der Waals surface area contributed by atoms with E-state index >= 15 is 0 Å². The van der Waals surface area contributed by atoms with Gasteiger partial charge in [0.25, 0.3) is 0 Å². The van der Waals surface area contributed by atoms with E-state index in [1.54, 1.807) is 0 Å². The number of hydrogen-bond acceptors (Lipinski definition) is 1. The standard InChI is InChI=1S/C32H55N7O.3ClH.Pd/c1-5-9-15-35-20-22-38(28-35)31(7-3)13-12-30(25-37-19-18-34(27-37)17-11-14-33-26-40)24-32(8-4)39-23-21-36(29-39)16-10-6-2;;;;/h18-23,26-32H,5-17,24-25H2,1-4H3;3*1H;/q+2;;;;/p-2. The molecule has 8 nitrogen and oxygen atoms in total. The summed E-state index contributed by atoms with van der Waals surface area (Å²) in [5, 5.41) is 2.76. The number of amides is 1. The number of imidazole rings is 3. The van der Waals surface area contributed by atoms with Gasteiger partial charge >= 0.3 is 0 Å². The van der Waals surface area contributed by atoms with Crippen molar-refractivity contribution in [2.45, 2.75) is 130 Å². The summed E-state index contributed by atoms with van der Waals surface area (Å²) in [6.45, 7) is 14.0. The van der Waals surface area contributed by atoms with E-state index in [0.29, 0.717) is 24.5 Å². The van der Waals surface area contributed by atoms with Crippen LogP contribution < -0.4 is 56.2 Å². The molecular formula is C32H56Cl3N7OPd. The predicted molar refractivity (Wildman–Crippen MR) is 158 cm³/mol. The zero-order valence-corrected chi connectivity index (χ0v) is 31.0. The predicted octanol–water partition coefficient (Wildman–Crippen LogP) is -4.21. The van der Waals surface area contributed by atoms with Crippen LogP contribution in [0.5, 0.6) is 0 Å².